The highest BCUT2D eigenvalue weighted by molar-refractivity contribution is 5.95. The number of nitrogens with two attached hydrogens (primary N) is 1. The molecular formula is C27H30N4O5. The van der Waals surface area contributed by atoms with Crippen molar-refractivity contribution < 1.29 is 24.2 Å². The molecule has 0 saturated heterocycles. The molecule has 0 aliphatic rings. The highest BCUT2D eigenvalue weighted by Gasteiger charge is 2.22. The number of carbonyl (C=O) groups is 2. The van der Waals surface area contributed by atoms with Gasteiger partial charge in [0.05, 0.1) is 7.11 Å². The number of carboxylic acid groups (broad SMARTS) is 1. The topological polar surface area (TPSA) is 147 Å². The van der Waals surface area contributed by atoms with Gasteiger partial charge in [0.25, 0.3) is 0 Å². The molecular weight excluding hydrogens is 460 g/mol. The molecule has 9 nitrogen and oxygen atoms in total. The van der Waals surface area contributed by atoms with Gasteiger partial charge in [0.1, 0.15) is 18.5 Å². The predicted molar refractivity (Wildman–Crippen MR) is 137 cm³/mol. The number of nitrogen functional groups attached to an aromatic ring is 1. The van der Waals surface area contributed by atoms with Crippen LogP contribution in [0.1, 0.15) is 35.6 Å². The molecule has 6 N–H and O–H groups in total. The standard InChI is InChI=1S/C27H30N4O5/c1-35-23-16-20(11-14-22(23)36-17-18-6-3-2-4-7-18)25(27(34)30-15-5-8-24(32)33)31-21-12-9-19(10-13-21)26(28)29/h2-4,6-7,9-14,16,25,31H,5,8,15,17H2,1H3,(H3,28,29)(H,30,34)(H,32,33). The summed E-state index contributed by atoms with van der Waals surface area (Å²) in [4.78, 5) is 23.9. The molecule has 0 fully saturated rings. The molecule has 0 saturated carbocycles. The SMILES string of the molecule is COc1cc(C(Nc2ccc(C(=N)N)cc2)C(=O)NCCCC(=O)O)ccc1OCc1ccccc1. The van der Waals surface area contributed by atoms with Gasteiger partial charge < -0.3 is 30.9 Å². The van der Waals surface area contributed by atoms with E-state index in [1.165, 1.54) is 7.11 Å². The zero-order valence-corrected chi connectivity index (χ0v) is 20.0. The summed E-state index contributed by atoms with van der Waals surface area (Å²) in [5.41, 5.74) is 8.39. The third kappa shape index (κ3) is 7.49. The molecule has 0 aliphatic heterocycles. The summed E-state index contributed by atoms with van der Waals surface area (Å²) in [6, 6.07) is 21.1. The Morgan fingerprint density at radius 2 is 1.75 bits per heavy atom. The number of methoxy groups -OCH3 is 1. The lowest BCUT2D eigenvalue weighted by Gasteiger charge is -2.21. The van der Waals surface area contributed by atoms with E-state index >= 15 is 0 Å². The van der Waals surface area contributed by atoms with E-state index in [2.05, 4.69) is 10.6 Å². The number of benzene rings is 3. The number of hydrogen-bond acceptors (Lipinski definition) is 6. The van der Waals surface area contributed by atoms with Gasteiger partial charge in [-0.25, -0.2) is 0 Å². The lowest BCUT2D eigenvalue weighted by molar-refractivity contribution is -0.137. The number of anilines is 1. The first-order valence-electron chi connectivity index (χ1n) is 11.4. The molecule has 36 heavy (non-hydrogen) atoms. The summed E-state index contributed by atoms with van der Waals surface area (Å²) in [6.07, 6.45) is 0.281. The molecule has 1 atom stereocenters. The third-order valence-corrected chi connectivity index (χ3v) is 5.39. The van der Waals surface area contributed by atoms with E-state index in [1.54, 1.807) is 42.5 Å². The first-order valence-corrected chi connectivity index (χ1v) is 11.4. The van der Waals surface area contributed by atoms with Crippen molar-refractivity contribution in [2.24, 2.45) is 5.73 Å². The van der Waals surface area contributed by atoms with Crippen LogP contribution in [0.15, 0.2) is 72.8 Å². The number of rotatable bonds is 13. The lowest BCUT2D eigenvalue weighted by Crippen LogP contribution is -2.34. The highest BCUT2D eigenvalue weighted by atomic mass is 16.5. The molecule has 188 valence electrons. The van der Waals surface area contributed by atoms with Crippen LogP contribution in [0.2, 0.25) is 0 Å². The van der Waals surface area contributed by atoms with Crippen LogP contribution in [0, 0.1) is 5.41 Å². The van der Waals surface area contributed by atoms with Crippen molar-refractivity contribution in [2.75, 3.05) is 19.0 Å². The first-order chi connectivity index (χ1) is 17.4. The Kier molecular flexibility index (Phi) is 9.27. The zero-order chi connectivity index (χ0) is 25.9. The average molecular weight is 491 g/mol. The van der Waals surface area contributed by atoms with E-state index in [0.29, 0.717) is 41.3 Å². The number of nitrogens with one attached hydrogen (secondary N) is 3. The van der Waals surface area contributed by atoms with Crippen molar-refractivity contribution in [3.63, 3.8) is 0 Å². The molecule has 0 aromatic heterocycles. The van der Waals surface area contributed by atoms with Crippen LogP contribution in [0.5, 0.6) is 11.5 Å². The number of amidine groups is 1. The maximum atomic E-state index is 13.1. The molecule has 0 bridgehead atoms. The Morgan fingerprint density at radius 3 is 2.39 bits per heavy atom. The number of carbonyl (C=O) groups excluding carboxylic acids is 1. The van der Waals surface area contributed by atoms with Gasteiger partial charge in [-0.1, -0.05) is 36.4 Å². The van der Waals surface area contributed by atoms with Gasteiger partial charge in [0, 0.05) is 24.2 Å². The van der Waals surface area contributed by atoms with Crippen molar-refractivity contribution in [3.8, 4) is 11.5 Å². The fourth-order valence-corrected chi connectivity index (χ4v) is 3.48. The van der Waals surface area contributed by atoms with Crippen molar-refractivity contribution in [1.82, 2.24) is 5.32 Å². The van der Waals surface area contributed by atoms with Crippen molar-refractivity contribution in [2.45, 2.75) is 25.5 Å². The first kappa shape index (κ1) is 26.1. The van der Waals surface area contributed by atoms with Crippen molar-refractivity contribution >= 4 is 23.4 Å². The Labute approximate surface area is 209 Å². The van der Waals surface area contributed by atoms with Crippen molar-refractivity contribution in [1.29, 1.82) is 5.41 Å². The Morgan fingerprint density at radius 1 is 1.03 bits per heavy atom. The summed E-state index contributed by atoms with van der Waals surface area (Å²) < 4.78 is 11.5. The van der Waals surface area contributed by atoms with Gasteiger partial charge >= 0.3 is 5.97 Å². The van der Waals surface area contributed by atoms with E-state index in [9.17, 15) is 9.59 Å². The second kappa shape index (κ2) is 12.8. The van der Waals surface area contributed by atoms with E-state index in [0.717, 1.165) is 5.56 Å². The molecule has 1 amide bonds. The second-order valence-electron chi connectivity index (χ2n) is 8.04. The van der Waals surface area contributed by atoms with Gasteiger partial charge in [0.2, 0.25) is 5.91 Å². The van der Waals surface area contributed by atoms with E-state index < -0.39 is 12.0 Å². The Bertz CT molecular complexity index is 1180. The molecule has 3 aromatic rings. The summed E-state index contributed by atoms with van der Waals surface area (Å²) in [5, 5.41) is 22.4. The quantitative estimate of drug-likeness (QED) is 0.139. The van der Waals surface area contributed by atoms with Crippen LogP contribution in [-0.4, -0.2) is 36.5 Å². The van der Waals surface area contributed by atoms with Crippen LogP contribution < -0.4 is 25.8 Å². The van der Waals surface area contributed by atoms with Crippen LogP contribution in [0.4, 0.5) is 5.69 Å². The van der Waals surface area contributed by atoms with E-state index in [1.807, 2.05) is 30.3 Å². The smallest absolute Gasteiger partial charge is 0.303 e. The maximum absolute atomic E-state index is 13.1. The lowest BCUT2D eigenvalue weighted by atomic mass is 10.0. The van der Waals surface area contributed by atoms with Gasteiger partial charge in [-0.2, -0.15) is 0 Å². The number of hydrogen-bond donors (Lipinski definition) is 5. The van der Waals surface area contributed by atoms with Crippen LogP contribution >= 0.6 is 0 Å². The number of amides is 1. The minimum atomic E-state index is -0.916. The van der Waals surface area contributed by atoms with Gasteiger partial charge in [-0.3, -0.25) is 15.0 Å². The van der Waals surface area contributed by atoms with E-state index in [4.69, 9.17) is 25.7 Å². The molecule has 1 unspecified atom stereocenters. The highest BCUT2D eigenvalue weighted by Crippen LogP contribution is 2.32. The summed E-state index contributed by atoms with van der Waals surface area (Å²) in [7, 11) is 1.53. The molecule has 3 aromatic carbocycles. The molecule has 3 rings (SSSR count). The third-order valence-electron chi connectivity index (χ3n) is 5.39. The fraction of sp³-hybridized carbons (Fsp3) is 0.222. The Hall–Kier alpha value is -4.53. The second-order valence-corrected chi connectivity index (χ2v) is 8.04. The molecule has 0 radical (unpaired) electrons. The molecule has 0 spiro atoms. The largest absolute Gasteiger partial charge is 0.493 e. The fourth-order valence-electron chi connectivity index (χ4n) is 3.48. The minimum Gasteiger partial charge on any atom is -0.493 e. The van der Waals surface area contributed by atoms with Gasteiger partial charge in [-0.15, -0.1) is 0 Å². The Balaban J connectivity index is 1.81. The molecule has 0 heterocycles. The molecule has 0 aliphatic carbocycles. The van der Waals surface area contributed by atoms with E-state index in [-0.39, 0.29) is 24.7 Å². The minimum absolute atomic E-state index is 0.0356. The number of carboxylic acids is 1. The summed E-state index contributed by atoms with van der Waals surface area (Å²) in [5.74, 6) is -0.279. The number of aliphatic carboxylic acids is 1. The summed E-state index contributed by atoms with van der Waals surface area (Å²) >= 11 is 0. The van der Waals surface area contributed by atoms with Crippen LogP contribution in [0.25, 0.3) is 0 Å². The van der Waals surface area contributed by atoms with Crippen LogP contribution in [0.3, 0.4) is 0 Å². The van der Waals surface area contributed by atoms with Gasteiger partial charge in [0.15, 0.2) is 11.5 Å². The predicted octanol–water partition coefficient (Wildman–Crippen LogP) is 3.69. The van der Waals surface area contributed by atoms with Crippen molar-refractivity contribution in [3.05, 3.63) is 89.5 Å². The maximum Gasteiger partial charge on any atom is 0.303 e. The van der Waals surface area contributed by atoms with Gasteiger partial charge in [-0.05, 0) is 53.9 Å². The normalized spacial score (nSPS) is 11.2. The monoisotopic (exact) mass is 490 g/mol. The summed E-state index contributed by atoms with van der Waals surface area (Å²) in [6.45, 7) is 0.590. The van der Waals surface area contributed by atoms with Crippen LogP contribution in [-0.2, 0) is 16.2 Å². The molecule has 9 heteroatoms. The zero-order valence-electron chi connectivity index (χ0n) is 20.0. The average Bonchev–Trinajstić information content (AvgIpc) is 2.89. The number of ether oxygens (including phenoxy) is 2.